The number of hydrogen-bond donors (Lipinski definition) is 2. The van der Waals surface area contributed by atoms with Crippen molar-refractivity contribution in [2.75, 3.05) is 0 Å². The van der Waals surface area contributed by atoms with E-state index in [1.165, 1.54) is 16.3 Å². The van der Waals surface area contributed by atoms with E-state index in [9.17, 15) is 10.2 Å². The van der Waals surface area contributed by atoms with Gasteiger partial charge in [0.2, 0.25) is 0 Å². The van der Waals surface area contributed by atoms with Crippen molar-refractivity contribution in [2.45, 2.75) is 13.0 Å². The molecule has 0 unspecified atom stereocenters. The average molecular weight is 343 g/mol. The molecule has 0 bridgehead atoms. The molecule has 0 aliphatic rings. The highest BCUT2D eigenvalue weighted by Crippen LogP contribution is 2.31. The van der Waals surface area contributed by atoms with E-state index in [-0.39, 0.29) is 12.4 Å². The van der Waals surface area contributed by atoms with E-state index in [1.54, 1.807) is 0 Å². The Kier molecular flexibility index (Phi) is 3.95. The monoisotopic (exact) mass is 342 g/mol. The zero-order valence-electron chi connectivity index (χ0n) is 11.4. The smallest absolute Gasteiger partial charge is 0.135 e. The van der Waals surface area contributed by atoms with Gasteiger partial charge in [-0.1, -0.05) is 42.5 Å². The van der Waals surface area contributed by atoms with E-state index in [1.807, 2.05) is 24.3 Å². The molecule has 0 saturated carbocycles. The summed E-state index contributed by atoms with van der Waals surface area (Å²) >= 11 is 3.34. The van der Waals surface area contributed by atoms with Crippen LogP contribution in [0.4, 0.5) is 0 Å². The van der Waals surface area contributed by atoms with Crippen molar-refractivity contribution in [1.82, 2.24) is 0 Å². The van der Waals surface area contributed by atoms with Crippen LogP contribution in [0.2, 0.25) is 0 Å². The highest BCUT2D eigenvalue weighted by molar-refractivity contribution is 9.10. The van der Waals surface area contributed by atoms with Gasteiger partial charge in [0, 0.05) is 5.56 Å². The lowest BCUT2D eigenvalue weighted by Gasteiger charge is -2.10. The van der Waals surface area contributed by atoms with E-state index in [0.29, 0.717) is 10.0 Å². The SMILES string of the molecule is OCc1cc(Cc2cccc3ccccc23)cc(Br)c1O. The van der Waals surface area contributed by atoms with Crippen LogP contribution in [0.25, 0.3) is 10.8 Å². The summed E-state index contributed by atoms with van der Waals surface area (Å²) in [6, 6.07) is 18.3. The second-order valence-electron chi connectivity index (χ2n) is 5.06. The van der Waals surface area contributed by atoms with Crippen LogP contribution in [0.5, 0.6) is 5.75 Å². The van der Waals surface area contributed by atoms with Crippen LogP contribution in [0, 0.1) is 0 Å². The molecular formula is C18H15BrO2. The molecule has 0 aliphatic heterocycles. The molecule has 0 aromatic heterocycles. The van der Waals surface area contributed by atoms with Crippen molar-refractivity contribution in [1.29, 1.82) is 0 Å². The normalized spacial score (nSPS) is 11.0. The molecule has 0 radical (unpaired) electrons. The molecular weight excluding hydrogens is 328 g/mol. The molecule has 2 N–H and O–H groups in total. The Hall–Kier alpha value is -1.84. The third-order valence-electron chi connectivity index (χ3n) is 3.65. The van der Waals surface area contributed by atoms with Gasteiger partial charge in [0.25, 0.3) is 0 Å². The average Bonchev–Trinajstić information content (AvgIpc) is 2.51. The van der Waals surface area contributed by atoms with Crippen LogP contribution in [0.1, 0.15) is 16.7 Å². The van der Waals surface area contributed by atoms with Crippen LogP contribution in [0.15, 0.2) is 59.1 Å². The lowest BCUT2D eigenvalue weighted by Crippen LogP contribution is -1.94. The number of aliphatic hydroxyl groups is 1. The molecule has 21 heavy (non-hydrogen) atoms. The quantitative estimate of drug-likeness (QED) is 0.740. The van der Waals surface area contributed by atoms with E-state index < -0.39 is 0 Å². The maximum Gasteiger partial charge on any atom is 0.135 e. The number of rotatable bonds is 3. The van der Waals surface area contributed by atoms with Gasteiger partial charge in [0.1, 0.15) is 5.75 Å². The summed E-state index contributed by atoms with van der Waals surface area (Å²) in [7, 11) is 0. The largest absolute Gasteiger partial charge is 0.506 e. The standard InChI is InChI=1S/C18H15BrO2/c19-17-10-12(9-15(11-20)18(17)21)8-14-6-3-5-13-4-1-2-7-16(13)14/h1-7,9-10,20-21H,8,11H2. The molecule has 0 fully saturated rings. The summed E-state index contributed by atoms with van der Waals surface area (Å²) in [5.41, 5.74) is 2.83. The second kappa shape index (κ2) is 5.88. The van der Waals surface area contributed by atoms with Gasteiger partial charge in [-0.3, -0.25) is 0 Å². The number of aliphatic hydroxyl groups excluding tert-OH is 1. The fourth-order valence-electron chi connectivity index (χ4n) is 2.61. The Morgan fingerprint density at radius 1 is 0.905 bits per heavy atom. The second-order valence-corrected chi connectivity index (χ2v) is 5.91. The van der Waals surface area contributed by atoms with Crippen molar-refractivity contribution in [3.05, 3.63) is 75.8 Å². The van der Waals surface area contributed by atoms with Crippen molar-refractivity contribution >= 4 is 26.7 Å². The van der Waals surface area contributed by atoms with Gasteiger partial charge in [-0.05, 0) is 56.4 Å². The zero-order valence-corrected chi connectivity index (χ0v) is 13.0. The predicted octanol–water partition coefficient (Wildman–Crippen LogP) is 4.39. The van der Waals surface area contributed by atoms with Crippen molar-refractivity contribution in [3.8, 4) is 5.75 Å². The summed E-state index contributed by atoms with van der Waals surface area (Å²) in [5, 5.41) is 21.6. The van der Waals surface area contributed by atoms with Gasteiger partial charge in [-0.15, -0.1) is 0 Å². The molecule has 106 valence electrons. The predicted molar refractivity (Wildman–Crippen MR) is 88.5 cm³/mol. The Morgan fingerprint density at radius 3 is 2.48 bits per heavy atom. The molecule has 0 saturated heterocycles. The minimum Gasteiger partial charge on any atom is -0.506 e. The fraction of sp³-hybridized carbons (Fsp3) is 0.111. The van der Waals surface area contributed by atoms with Crippen LogP contribution < -0.4 is 0 Å². The highest BCUT2D eigenvalue weighted by atomic mass is 79.9. The first kappa shape index (κ1) is 14.1. The Morgan fingerprint density at radius 2 is 1.67 bits per heavy atom. The molecule has 0 amide bonds. The third-order valence-corrected chi connectivity index (χ3v) is 4.25. The van der Waals surface area contributed by atoms with E-state index >= 15 is 0 Å². The Bertz CT molecular complexity index is 791. The summed E-state index contributed by atoms with van der Waals surface area (Å²) in [5.74, 6) is 0.110. The van der Waals surface area contributed by atoms with Gasteiger partial charge in [-0.25, -0.2) is 0 Å². The molecule has 2 nitrogen and oxygen atoms in total. The third kappa shape index (κ3) is 2.80. The number of phenols is 1. The minimum atomic E-state index is -0.173. The highest BCUT2D eigenvalue weighted by Gasteiger charge is 2.09. The number of aromatic hydroxyl groups is 1. The Labute approximate surface area is 131 Å². The molecule has 3 heteroatoms. The van der Waals surface area contributed by atoms with Crippen LogP contribution >= 0.6 is 15.9 Å². The molecule has 3 aromatic rings. The number of benzene rings is 3. The van der Waals surface area contributed by atoms with Crippen molar-refractivity contribution in [2.24, 2.45) is 0 Å². The molecule has 3 rings (SSSR count). The first-order valence-corrected chi connectivity index (χ1v) is 7.56. The van der Waals surface area contributed by atoms with Crippen LogP contribution in [-0.2, 0) is 13.0 Å². The van der Waals surface area contributed by atoms with Crippen molar-refractivity contribution < 1.29 is 10.2 Å². The first-order chi connectivity index (χ1) is 10.2. The molecule has 0 atom stereocenters. The lowest BCUT2D eigenvalue weighted by molar-refractivity contribution is 0.275. The summed E-state index contributed by atoms with van der Waals surface area (Å²) < 4.78 is 0.615. The van der Waals surface area contributed by atoms with Gasteiger partial charge >= 0.3 is 0 Å². The summed E-state index contributed by atoms with van der Waals surface area (Å²) in [4.78, 5) is 0. The maximum absolute atomic E-state index is 9.85. The van der Waals surface area contributed by atoms with E-state index in [2.05, 4.69) is 46.3 Å². The van der Waals surface area contributed by atoms with E-state index in [0.717, 1.165) is 12.0 Å². The van der Waals surface area contributed by atoms with Gasteiger partial charge in [-0.2, -0.15) is 0 Å². The zero-order chi connectivity index (χ0) is 14.8. The Balaban J connectivity index is 2.05. The molecule has 0 spiro atoms. The number of fused-ring (bicyclic) bond motifs is 1. The molecule has 0 aliphatic carbocycles. The van der Waals surface area contributed by atoms with Crippen molar-refractivity contribution in [3.63, 3.8) is 0 Å². The van der Waals surface area contributed by atoms with Crippen LogP contribution in [0.3, 0.4) is 0 Å². The summed E-state index contributed by atoms with van der Waals surface area (Å²) in [6.45, 7) is -0.173. The van der Waals surface area contributed by atoms with Gasteiger partial charge < -0.3 is 10.2 Å². The summed E-state index contributed by atoms with van der Waals surface area (Å²) in [6.07, 6.45) is 0.757. The number of hydrogen-bond acceptors (Lipinski definition) is 2. The molecule has 0 heterocycles. The maximum atomic E-state index is 9.85. The van der Waals surface area contributed by atoms with Gasteiger partial charge in [0.05, 0.1) is 11.1 Å². The first-order valence-electron chi connectivity index (χ1n) is 6.77. The minimum absolute atomic E-state index is 0.110. The van der Waals surface area contributed by atoms with Crippen LogP contribution in [-0.4, -0.2) is 10.2 Å². The van der Waals surface area contributed by atoms with E-state index in [4.69, 9.17) is 0 Å². The van der Waals surface area contributed by atoms with Gasteiger partial charge in [0.15, 0.2) is 0 Å². The fourth-order valence-corrected chi connectivity index (χ4v) is 3.16. The number of halogens is 1. The lowest BCUT2D eigenvalue weighted by atomic mass is 9.97. The topological polar surface area (TPSA) is 40.5 Å². The molecule has 3 aromatic carbocycles.